The number of nitrogens with one attached hydrogen (secondary N) is 1. The third-order valence-electron chi connectivity index (χ3n) is 1.80. The molecule has 0 aliphatic carbocycles. The summed E-state index contributed by atoms with van der Waals surface area (Å²) >= 11 is 0. The molecule has 1 aromatic carbocycles. The number of anilines is 1. The topological polar surface area (TPSA) is 55.1 Å². The average molecular weight is 164 g/mol. The molecule has 0 spiro atoms. The number of ketones is 1. The Kier molecular flexibility index (Phi) is 2.45. The van der Waals surface area contributed by atoms with Crippen molar-refractivity contribution in [1.29, 1.82) is 0 Å². The van der Waals surface area contributed by atoms with Gasteiger partial charge in [0.2, 0.25) is 0 Å². The second-order valence-corrected chi connectivity index (χ2v) is 2.73. The van der Waals surface area contributed by atoms with E-state index in [0.29, 0.717) is 5.56 Å². The van der Waals surface area contributed by atoms with E-state index in [9.17, 15) is 4.79 Å². The standard InChI is InChI=1S/C9H12N2O/c1-6-3-4-8(7(2)12)5-9(6)11-10/h3-5,11H,10H2,1-2H3. The molecule has 12 heavy (non-hydrogen) atoms. The number of carbonyl (C=O) groups excluding carboxylic acids is 1. The fourth-order valence-corrected chi connectivity index (χ4v) is 0.996. The minimum Gasteiger partial charge on any atom is -0.324 e. The molecule has 3 nitrogen and oxygen atoms in total. The van der Waals surface area contributed by atoms with Crippen LogP contribution in [0.4, 0.5) is 5.69 Å². The number of Topliss-reactive ketones (excluding diaryl/α,β-unsaturated/α-hetero) is 1. The molecule has 0 radical (unpaired) electrons. The van der Waals surface area contributed by atoms with Crippen LogP contribution in [-0.4, -0.2) is 5.78 Å². The molecule has 0 amide bonds. The molecule has 0 aliphatic heterocycles. The summed E-state index contributed by atoms with van der Waals surface area (Å²) in [4.78, 5) is 11.0. The predicted molar refractivity (Wildman–Crippen MR) is 49.0 cm³/mol. The zero-order valence-corrected chi connectivity index (χ0v) is 7.22. The van der Waals surface area contributed by atoms with E-state index in [4.69, 9.17) is 5.84 Å². The molecule has 0 aromatic heterocycles. The van der Waals surface area contributed by atoms with Crippen LogP contribution in [0.3, 0.4) is 0 Å². The maximum atomic E-state index is 11.0. The highest BCUT2D eigenvalue weighted by molar-refractivity contribution is 5.95. The van der Waals surface area contributed by atoms with Crippen molar-refractivity contribution < 1.29 is 4.79 Å². The van der Waals surface area contributed by atoms with Crippen molar-refractivity contribution in [2.45, 2.75) is 13.8 Å². The number of hydrogen-bond donors (Lipinski definition) is 2. The number of benzene rings is 1. The summed E-state index contributed by atoms with van der Waals surface area (Å²) in [6, 6.07) is 5.40. The summed E-state index contributed by atoms with van der Waals surface area (Å²) in [5.74, 6) is 5.31. The molecule has 0 saturated heterocycles. The Hall–Kier alpha value is -1.35. The lowest BCUT2D eigenvalue weighted by Crippen LogP contribution is -2.09. The summed E-state index contributed by atoms with van der Waals surface area (Å²) in [5, 5.41) is 0. The minimum atomic E-state index is 0.0477. The maximum absolute atomic E-state index is 11.0. The average Bonchev–Trinajstić information content (AvgIpc) is 2.05. The summed E-state index contributed by atoms with van der Waals surface area (Å²) in [7, 11) is 0. The summed E-state index contributed by atoms with van der Waals surface area (Å²) in [6.45, 7) is 3.46. The first-order valence-corrected chi connectivity index (χ1v) is 3.73. The van der Waals surface area contributed by atoms with E-state index in [1.54, 1.807) is 12.1 Å². The highest BCUT2D eigenvalue weighted by Crippen LogP contribution is 2.15. The Balaban J connectivity index is 3.13. The van der Waals surface area contributed by atoms with Gasteiger partial charge in [-0.1, -0.05) is 12.1 Å². The fourth-order valence-electron chi connectivity index (χ4n) is 0.996. The highest BCUT2D eigenvalue weighted by atomic mass is 16.1. The van der Waals surface area contributed by atoms with Gasteiger partial charge in [0.15, 0.2) is 5.78 Å². The van der Waals surface area contributed by atoms with Gasteiger partial charge in [-0.2, -0.15) is 0 Å². The van der Waals surface area contributed by atoms with Gasteiger partial charge in [-0.05, 0) is 25.5 Å². The van der Waals surface area contributed by atoms with Gasteiger partial charge in [-0.25, -0.2) is 0 Å². The quantitative estimate of drug-likeness (QED) is 0.395. The van der Waals surface area contributed by atoms with Crippen LogP contribution in [0.2, 0.25) is 0 Å². The van der Waals surface area contributed by atoms with Crippen LogP contribution in [0.5, 0.6) is 0 Å². The first kappa shape index (κ1) is 8.74. The molecular weight excluding hydrogens is 152 g/mol. The van der Waals surface area contributed by atoms with Gasteiger partial charge in [-0.15, -0.1) is 0 Å². The van der Waals surface area contributed by atoms with E-state index in [1.807, 2.05) is 13.0 Å². The van der Waals surface area contributed by atoms with Crippen LogP contribution in [0.1, 0.15) is 22.8 Å². The van der Waals surface area contributed by atoms with Crippen LogP contribution in [0, 0.1) is 6.92 Å². The highest BCUT2D eigenvalue weighted by Gasteiger charge is 2.01. The number of hydrogen-bond acceptors (Lipinski definition) is 3. The van der Waals surface area contributed by atoms with Crippen molar-refractivity contribution in [3.8, 4) is 0 Å². The zero-order chi connectivity index (χ0) is 9.14. The SMILES string of the molecule is CC(=O)c1ccc(C)c(NN)c1. The number of aryl methyl sites for hydroxylation is 1. The first-order chi connectivity index (χ1) is 5.65. The van der Waals surface area contributed by atoms with Gasteiger partial charge in [-0.3, -0.25) is 10.6 Å². The molecule has 0 unspecified atom stereocenters. The maximum Gasteiger partial charge on any atom is 0.159 e. The molecule has 0 atom stereocenters. The van der Waals surface area contributed by atoms with Crippen molar-refractivity contribution >= 4 is 11.5 Å². The Bertz CT molecular complexity index is 307. The lowest BCUT2D eigenvalue weighted by molar-refractivity contribution is 0.101. The van der Waals surface area contributed by atoms with Crippen molar-refractivity contribution in [3.63, 3.8) is 0 Å². The minimum absolute atomic E-state index is 0.0477. The van der Waals surface area contributed by atoms with E-state index in [0.717, 1.165) is 11.3 Å². The van der Waals surface area contributed by atoms with Gasteiger partial charge >= 0.3 is 0 Å². The summed E-state index contributed by atoms with van der Waals surface area (Å²) < 4.78 is 0. The summed E-state index contributed by atoms with van der Waals surface area (Å²) in [5.41, 5.74) is 5.04. The van der Waals surface area contributed by atoms with E-state index in [1.165, 1.54) is 6.92 Å². The van der Waals surface area contributed by atoms with Crippen LogP contribution in [-0.2, 0) is 0 Å². The Morgan fingerprint density at radius 1 is 1.50 bits per heavy atom. The molecule has 1 rings (SSSR count). The van der Waals surface area contributed by atoms with Crippen LogP contribution in [0.25, 0.3) is 0 Å². The van der Waals surface area contributed by atoms with E-state index < -0.39 is 0 Å². The molecule has 0 fully saturated rings. The van der Waals surface area contributed by atoms with Gasteiger partial charge in [0, 0.05) is 5.56 Å². The van der Waals surface area contributed by atoms with Gasteiger partial charge in [0.25, 0.3) is 0 Å². The predicted octanol–water partition coefficient (Wildman–Crippen LogP) is 1.48. The van der Waals surface area contributed by atoms with Crippen molar-refractivity contribution in [2.75, 3.05) is 5.43 Å². The third-order valence-corrected chi connectivity index (χ3v) is 1.80. The number of nitrogen functional groups attached to an aromatic ring is 1. The largest absolute Gasteiger partial charge is 0.324 e. The monoisotopic (exact) mass is 164 g/mol. The van der Waals surface area contributed by atoms with E-state index >= 15 is 0 Å². The summed E-state index contributed by atoms with van der Waals surface area (Å²) in [6.07, 6.45) is 0. The Labute approximate surface area is 71.5 Å². The molecule has 0 aliphatic rings. The van der Waals surface area contributed by atoms with Gasteiger partial charge in [0.05, 0.1) is 5.69 Å². The zero-order valence-electron chi connectivity index (χ0n) is 7.22. The number of rotatable bonds is 2. The molecule has 3 heteroatoms. The van der Waals surface area contributed by atoms with Crippen LogP contribution >= 0.6 is 0 Å². The molecular formula is C9H12N2O. The molecule has 64 valence electrons. The Morgan fingerprint density at radius 3 is 2.67 bits per heavy atom. The third kappa shape index (κ3) is 1.62. The fraction of sp³-hybridized carbons (Fsp3) is 0.222. The normalized spacial score (nSPS) is 9.58. The second-order valence-electron chi connectivity index (χ2n) is 2.73. The Morgan fingerprint density at radius 2 is 2.17 bits per heavy atom. The lowest BCUT2D eigenvalue weighted by Gasteiger charge is -2.05. The van der Waals surface area contributed by atoms with Crippen molar-refractivity contribution in [1.82, 2.24) is 0 Å². The van der Waals surface area contributed by atoms with Crippen LogP contribution in [0.15, 0.2) is 18.2 Å². The number of hydrazine groups is 1. The molecule has 0 heterocycles. The van der Waals surface area contributed by atoms with Crippen LogP contribution < -0.4 is 11.3 Å². The molecule has 1 aromatic rings. The van der Waals surface area contributed by atoms with E-state index in [-0.39, 0.29) is 5.78 Å². The number of nitrogens with two attached hydrogens (primary N) is 1. The van der Waals surface area contributed by atoms with Crippen molar-refractivity contribution in [2.24, 2.45) is 5.84 Å². The first-order valence-electron chi connectivity index (χ1n) is 3.73. The number of carbonyl (C=O) groups is 1. The van der Waals surface area contributed by atoms with Gasteiger partial charge in [0.1, 0.15) is 0 Å². The second kappa shape index (κ2) is 3.36. The van der Waals surface area contributed by atoms with Gasteiger partial charge < -0.3 is 5.43 Å². The smallest absolute Gasteiger partial charge is 0.159 e. The lowest BCUT2D eigenvalue weighted by atomic mass is 10.1. The molecule has 3 N–H and O–H groups in total. The molecule has 0 bridgehead atoms. The van der Waals surface area contributed by atoms with E-state index in [2.05, 4.69) is 5.43 Å². The van der Waals surface area contributed by atoms with Crippen molar-refractivity contribution in [3.05, 3.63) is 29.3 Å². The molecule has 0 saturated carbocycles.